The zero-order chi connectivity index (χ0) is 20.5. The van der Waals surface area contributed by atoms with E-state index in [1.54, 1.807) is 18.2 Å². The molecule has 1 aromatic heterocycles. The molecular formula is C23H24N2O4. The molecule has 6 nitrogen and oxygen atoms in total. The summed E-state index contributed by atoms with van der Waals surface area (Å²) in [6.07, 6.45) is 1.69. The molecule has 1 aliphatic heterocycles. The molecule has 6 heteroatoms. The van der Waals surface area contributed by atoms with E-state index < -0.39 is 5.91 Å². The number of carbonyl (C=O) groups excluding carboxylic acids is 1. The lowest BCUT2D eigenvalue weighted by Crippen LogP contribution is -2.13. The third-order valence-corrected chi connectivity index (χ3v) is 5.28. The number of hydrogen-bond acceptors (Lipinski definition) is 4. The number of aromatic nitrogens is 1. The van der Waals surface area contributed by atoms with Crippen molar-refractivity contribution in [3.05, 3.63) is 65.0 Å². The van der Waals surface area contributed by atoms with Crippen LogP contribution in [0.3, 0.4) is 0 Å². The minimum absolute atomic E-state index is 0.154. The fourth-order valence-corrected chi connectivity index (χ4v) is 4.00. The van der Waals surface area contributed by atoms with E-state index in [0.717, 1.165) is 52.4 Å². The maximum atomic E-state index is 12.4. The van der Waals surface area contributed by atoms with Gasteiger partial charge in [-0.25, -0.2) is 0 Å². The third kappa shape index (κ3) is 3.42. The Hall–Kier alpha value is -3.41. The molecule has 1 amide bonds. The maximum absolute atomic E-state index is 12.4. The highest BCUT2D eigenvalue weighted by molar-refractivity contribution is 6.02. The summed E-state index contributed by atoms with van der Waals surface area (Å²) in [7, 11) is 0. The first-order chi connectivity index (χ1) is 14.0. The van der Waals surface area contributed by atoms with E-state index >= 15 is 0 Å². The number of rotatable bonds is 6. The second-order valence-corrected chi connectivity index (χ2v) is 7.22. The number of hydrogen-bond donors (Lipinski definition) is 2. The van der Waals surface area contributed by atoms with Crippen molar-refractivity contribution in [1.82, 2.24) is 4.57 Å². The molecule has 2 heterocycles. The maximum Gasteiger partial charge on any atom is 0.251 e. The monoisotopic (exact) mass is 392 g/mol. The molecule has 0 bridgehead atoms. The summed E-state index contributed by atoms with van der Waals surface area (Å²) < 4.78 is 13.0. The predicted octanol–water partition coefficient (Wildman–Crippen LogP) is 4.00. The van der Waals surface area contributed by atoms with Crippen molar-refractivity contribution < 1.29 is 19.4 Å². The van der Waals surface area contributed by atoms with Crippen LogP contribution in [0.5, 0.6) is 17.2 Å². The number of ether oxygens (including phenoxy) is 2. The summed E-state index contributed by atoms with van der Waals surface area (Å²) in [5.41, 5.74) is 10.8. The van der Waals surface area contributed by atoms with Gasteiger partial charge in [0.2, 0.25) is 6.79 Å². The van der Waals surface area contributed by atoms with Crippen LogP contribution in [0.4, 0.5) is 0 Å². The summed E-state index contributed by atoms with van der Waals surface area (Å²) in [5, 5.41) is 9.98. The number of aromatic hydroxyl groups is 1. The molecular weight excluding hydrogens is 368 g/mol. The molecule has 0 radical (unpaired) electrons. The van der Waals surface area contributed by atoms with Crippen LogP contribution in [-0.2, 0) is 13.0 Å². The van der Waals surface area contributed by atoms with Gasteiger partial charge in [0.25, 0.3) is 5.91 Å². The van der Waals surface area contributed by atoms with Crippen molar-refractivity contribution in [2.75, 3.05) is 6.79 Å². The number of primary amides is 1. The van der Waals surface area contributed by atoms with E-state index in [4.69, 9.17) is 15.2 Å². The Balaban J connectivity index is 1.87. The second-order valence-electron chi connectivity index (χ2n) is 7.22. The molecule has 0 spiro atoms. The Labute approximate surface area is 169 Å². The zero-order valence-electron chi connectivity index (χ0n) is 16.6. The van der Waals surface area contributed by atoms with Crippen LogP contribution < -0.4 is 15.2 Å². The average molecular weight is 392 g/mol. The fraction of sp³-hybridized carbons (Fsp3) is 0.261. The number of amides is 1. The van der Waals surface area contributed by atoms with Crippen LogP contribution in [0, 0.1) is 6.92 Å². The minimum atomic E-state index is -0.470. The SMILES string of the molecule is CCCc1c(-c2cccc(O)c2)c(C(N)=O)c(C)n1Cc1ccc2c(c1)OCO2. The number of carbonyl (C=O) groups is 1. The average Bonchev–Trinajstić information content (AvgIpc) is 3.25. The topological polar surface area (TPSA) is 86.7 Å². The number of nitrogens with zero attached hydrogens (tertiary/aromatic N) is 1. The molecule has 4 rings (SSSR count). The molecule has 1 aliphatic rings. The van der Waals surface area contributed by atoms with E-state index in [-0.39, 0.29) is 12.5 Å². The Morgan fingerprint density at radius 1 is 1.17 bits per heavy atom. The first-order valence-electron chi connectivity index (χ1n) is 9.69. The highest BCUT2D eigenvalue weighted by Gasteiger charge is 2.25. The Bertz CT molecular complexity index is 1080. The number of phenolic OH excluding ortho intramolecular Hbond substituents is 1. The lowest BCUT2D eigenvalue weighted by molar-refractivity contribution is 0.1000. The van der Waals surface area contributed by atoms with Crippen molar-refractivity contribution in [3.63, 3.8) is 0 Å². The van der Waals surface area contributed by atoms with Gasteiger partial charge in [0.05, 0.1) is 5.56 Å². The van der Waals surface area contributed by atoms with Crippen LogP contribution in [-0.4, -0.2) is 22.4 Å². The van der Waals surface area contributed by atoms with Gasteiger partial charge in [-0.05, 0) is 48.7 Å². The lowest BCUT2D eigenvalue weighted by atomic mass is 9.98. The highest BCUT2D eigenvalue weighted by atomic mass is 16.7. The van der Waals surface area contributed by atoms with Gasteiger partial charge in [-0.15, -0.1) is 0 Å². The van der Waals surface area contributed by atoms with Gasteiger partial charge < -0.3 is 24.9 Å². The second kappa shape index (κ2) is 7.54. The molecule has 2 aromatic carbocycles. The van der Waals surface area contributed by atoms with Gasteiger partial charge >= 0.3 is 0 Å². The fourth-order valence-electron chi connectivity index (χ4n) is 4.00. The summed E-state index contributed by atoms with van der Waals surface area (Å²) >= 11 is 0. The zero-order valence-corrected chi connectivity index (χ0v) is 16.6. The standard InChI is InChI=1S/C23H24N2O4/c1-3-5-18-22(16-6-4-7-17(26)11-16)21(23(24)27)14(2)25(18)12-15-8-9-19-20(10-15)29-13-28-19/h4,6-11,26H,3,5,12-13H2,1-2H3,(H2,24,27). The van der Waals surface area contributed by atoms with Crippen molar-refractivity contribution in [3.8, 4) is 28.4 Å². The molecule has 0 saturated carbocycles. The van der Waals surface area contributed by atoms with E-state index in [0.29, 0.717) is 12.1 Å². The summed E-state index contributed by atoms with van der Waals surface area (Å²) in [5.74, 6) is 1.15. The van der Waals surface area contributed by atoms with Crippen molar-refractivity contribution in [2.45, 2.75) is 33.2 Å². The first-order valence-corrected chi connectivity index (χ1v) is 9.69. The lowest BCUT2D eigenvalue weighted by Gasteiger charge is -2.13. The van der Waals surface area contributed by atoms with Gasteiger partial charge in [-0.1, -0.05) is 31.5 Å². The van der Waals surface area contributed by atoms with E-state index in [9.17, 15) is 9.90 Å². The molecule has 3 aromatic rings. The molecule has 0 fully saturated rings. The largest absolute Gasteiger partial charge is 0.508 e. The number of benzene rings is 2. The molecule has 0 atom stereocenters. The Morgan fingerprint density at radius 2 is 1.97 bits per heavy atom. The van der Waals surface area contributed by atoms with Crippen LogP contribution >= 0.6 is 0 Å². The van der Waals surface area contributed by atoms with E-state index in [2.05, 4.69) is 11.5 Å². The molecule has 29 heavy (non-hydrogen) atoms. The number of fused-ring (bicyclic) bond motifs is 1. The quantitative estimate of drug-likeness (QED) is 0.664. The summed E-state index contributed by atoms with van der Waals surface area (Å²) in [6, 6.07) is 12.8. The van der Waals surface area contributed by atoms with Crippen LogP contribution in [0.1, 0.15) is 40.7 Å². The van der Waals surface area contributed by atoms with Gasteiger partial charge in [-0.2, -0.15) is 0 Å². The number of phenols is 1. The van der Waals surface area contributed by atoms with Gasteiger partial charge in [0, 0.05) is 23.5 Å². The Morgan fingerprint density at radius 3 is 2.69 bits per heavy atom. The molecule has 0 saturated heterocycles. The molecule has 3 N–H and O–H groups in total. The highest BCUT2D eigenvalue weighted by Crippen LogP contribution is 2.37. The number of nitrogens with two attached hydrogens (primary N) is 1. The normalized spacial score (nSPS) is 12.3. The van der Waals surface area contributed by atoms with E-state index in [1.165, 1.54) is 0 Å². The van der Waals surface area contributed by atoms with Crippen LogP contribution in [0.25, 0.3) is 11.1 Å². The molecule has 150 valence electrons. The summed E-state index contributed by atoms with van der Waals surface area (Å²) in [4.78, 5) is 12.4. The van der Waals surface area contributed by atoms with Gasteiger partial charge in [0.15, 0.2) is 11.5 Å². The third-order valence-electron chi connectivity index (χ3n) is 5.28. The first kappa shape index (κ1) is 18.9. The smallest absolute Gasteiger partial charge is 0.251 e. The minimum Gasteiger partial charge on any atom is -0.508 e. The Kier molecular flexibility index (Phi) is 4.92. The van der Waals surface area contributed by atoms with Crippen molar-refractivity contribution in [1.29, 1.82) is 0 Å². The van der Waals surface area contributed by atoms with Gasteiger partial charge in [0.1, 0.15) is 5.75 Å². The van der Waals surface area contributed by atoms with Crippen molar-refractivity contribution in [2.24, 2.45) is 5.73 Å². The van der Waals surface area contributed by atoms with E-state index in [1.807, 2.05) is 31.2 Å². The summed E-state index contributed by atoms with van der Waals surface area (Å²) in [6.45, 7) is 4.83. The predicted molar refractivity (Wildman–Crippen MR) is 110 cm³/mol. The van der Waals surface area contributed by atoms with Gasteiger partial charge in [-0.3, -0.25) is 4.79 Å². The van der Waals surface area contributed by atoms with Crippen molar-refractivity contribution >= 4 is 5.91 Å². The molecule has 0 aliphatic carbocycles. The van der Waals surface area contributed by atoms with Crippen LogP contribution in [0.2, 0.25) is 0 Å². The molecule has 0 unspecified atom stereocenters. The van der Waals surface area contributed by atoms with Crippen LogP contribution in [0.15, 0.2) is 42.5 Å².